The van der Waals surface area contributed by atoms with Crippen LogP contribution in [0.1, 0.15) is 24.9 Å². The van der Waals surface area contributed by atoms with E-state index in [-0.39, 0.29) is 20.6 Å². The minimum atomic E-state index is -4.24. The Morgan fingerprint density at radius 1 is 0.971 bits per heavy atom. The number of rotatable bonds is 7. The highest BCUT2D eigenvalue weighted by molar-refractivity contribution is 7.95. The normalized spacial score (nSPS) is 16.3. The Bertz CT molecular complexity index is 1370. The molecule has 0 spiro atoms. The van der Waals surface area contributed by atoms with Crippen LogP contribution < -0.4 is 9.64 Å². The van der Waals surface area contributed by atoms with Gasteiger partial charge in [0.15, 0.2) is 5.76 Å². The Morgan fingerprint density at radius 3 is 2.38 bits per heavy atom. The first kappa shape index (κ1) is 24.1. The third kappa shape index (κ3) is 4.39. The van der Waals surface area contributed by atoms with E-state index in [4.69, 9.17) is 27.9 Å². The van der Waals surface area contributed by atoms with Crippen molar-refractivity contribution < 1.29 is 23.1 Å². The fourth-order valence-corrected chi connectivity index (χ4v) is 5.72. The number of nitrogens with zero attached hydrogens (tertiary/aromatic N) is 1. The van der Waals surface area contributed by atoms with Gasteiger partial charge in [0.1, 0.15) is 16.7 Å². The Balaban J connectivity index is 1.92. The van der Waals surface area contributed by atoms with Crippen LogP contribution in [-0.4, -0.2) is 26.0 Å². The molecule has 1 aliphatic rings. The van der Waals surface area contributed by atoms with Crippen molar-refractivity contribution >= 4 is 44.6 Å². The molecule has 0 aromatic heterocycles. The molecule has 1 atom stereocenters. The van der Waals surface area contributed by atoms with Crippen LogP contribution in [0.2, 0.25) is 10.0 Å². The minimum Gasteiger partial charge on any atom is -0.502 e. The van der Waals surface area contributed by atoms with Crippen molar-refractivity contribution in [2.45, 2.75) is 24.3 Å². The van der Waals surface area contributed by atoms with Gasteiger partial charge in [-0.1, -0.05) is 60.5 Å². The SMILES string of the molecule is CCCOc1cccc([C@@H]2C(S(=O)(=O)c3ccccc3)=C(O)C(=O)N2c2ccc(Cl)c(Cl)c2)c1. The molecular weight excluding hydrogens is 497 g/mol. The summed E-state index contributed by atoms with van der Waals surface area (Å²) in [6.07, 6.45) is 0.788. The molecule has 34 heavy (non-hydrogen) atoms. The van der Waals surface area contributed by atoms with Crippen LogP contribution in [0.5, 0.6) is 5.75 Å². The van der Waals surface area contributed by atoms with Gasteiger partial charge in [0.2, 0.25) is 9.84 Å². The Kier molecular flexibility index (Phi) is 6.89. The van der Waals surface area contributed by atoms with Gasteiger partial charge < -0.3 is 9.84 Å². The van der Waals surface area contributed by atoms with Crippen LogP contribution in [0.3, 0.4) is 0 Å². The molecule has 0 fully saturated rings. The predicted octanol–water partition coefficient (Wildman–Crippen LogP) is 6.11. The van der Waals surface area contributed by atoms with Gasteiger partial charge in [-0.2, -0.15) is 0 Å². The first-order valence-electron chi connectivity index (χ1n) is 10.5. The van der Waals surface area contributed by atoms with Gasteiger partial charge in [-0.15, -0.1) is 0 Å². The lowest BCUT2D eigenvalue weighted by Crippen LogP contribution is -2.31. The Morgan fingerprint density at radius 2 is 1.71 bits per heavy atom. The number of aliphatic hydroxyl groups is 1. The number of amides is 1. The van der Waals surface area contributed by atoms with Crippen LogP contribution in [0, 0.1) is 0 Å². The van der Waals surface area contributed by atoms with Gasteiger partial charge in [-0.3, -0.25) is 9.69 Å². The molecule has 0 aliphatic carbocycles. The first-order valence-corrected chi connectivity index (χ1v) is 12.7. The van der Waals surface area contributed by atoms with Gasteiger partial charge in [-0.25, -0.2) is 8.42 Å². The molecule has 0 radical (unpaired) electrons. The fourth-order valence-electron chi connectivity index (χ4n) is 3.78. The van der Waals surface area contributed by atoms with Crippen molar-refractivity contribution in [1.29, 1.82) is 0 Å². The number of aliphatic hydroxyl groups excluding tert-OH is 1. The molecule has 9 heteroatoms. The summed E-state index contributed by atoms with van der Waals surface area (Å²) < 4.78 is 33.0. The van der Waals surface area contributed by atoms with Crippen LogP contribution in [0.15, 0.2) is 88.4 Å². The third-order valence-electron chi connectivity index (χ3n) is 5.33. The van der Waals surface area contributed by atoms with Gasteiger partial charge in [0.25, 0.3) is 5.91 Å². The lowest BCUT2D eigenvalue weighted by Gasteiger charge is -2.27. The number of anilines is 1. The minimum absolute atomic E-state index is 0.0382. The second-order valence-corrected chi connectivity index (χ2v) is 10.4. The predicted molar refractivity (Wildman–Crippen MR) is 132 cm³/mol. The monoisotopic (exact) mass is 517 g/mol. The van der Waals surface area contributed by atoms with Crippen molar-refractivity contribution in [3.8, 4) is 5.75 Å². The van der Waals surface area contributed by atoms with Gasteiger partial charge in [-0.05, 0) is 54.4 Å². The summed E-state index contributed by atoms with van der Waals surface area (Å²) in [4.78, 5) is 14.0. The number of carbonyl (C=O) groups is 1. The van der Waals surface area contributed by atoms with E-state index in [1.807, 2.05) is 6.92 Å². The molecule has 1 amide bonds. The molecule has 0 saturated carbocycles. The zero-order valence-corrected chi connectivity index (χ0v) is 20.4. The summed E-state index contributed by atoms with van der Waals surface area (Å²) in [6, 6.07) is 17.8. The third-order valence-corrected chi connectivity index (χ3v) is 7.96. The number of carbonyl (C=O) groups excluding carboxylic acids is 1. The quantitative estimate of drug-likeness (QED) is 0.408. The molecule has 3 aromatic carbocycles. The number of ether oxygens (including phenoxy) is 1. The first-order chi connectivity index (χ1) is 16.3. The lowest BCUT2D eigenvalue weighted by atomic mass is 10.1. The molecule has 1 aliphatic heterocycles. The smallest absolute Gasteiger partial charge is 0.295 e. The number of benzene rings is 3. The molecule has 4 rings (SSSR count). The number of halogens is 2. The maximum Gasteiger partial charge on any atom is 0.295 e. The average molecular weight is 518 g/mol. The average Bonchev–Trinajstić information content (AvgIpc) is 3.11. The van der Waals surface area contributed by atoms with E-state index >= 15 is 0 Å². The molecule has 0 bridgehead atoms. The molecule has 0 unspecified atom stereocenters. The Hall–Kier alpha value is -3.00. The summed E-state index contributed by atoms with van der Waals surface area (Å²) in [5.74, 6) is -1.19. The van der Waals surface area contributed by atoms with Crippen LogP contribution in [0.25, 0.3) is 0 Å². The van der Waals surface area contributed by atoms with E-state index in [0.717, 1.165) is 6.42 Å². The highest BCUT2D eigenvalue weighted by Crippen LogP contribution is 2.46. The van der Waals surface area contributed by atoms with E-state index in [9.17, 15) is 18.3 Å². The summed E-state index contributed by atoms with van der Waals surface area (Å²) in [5.41, 5.74) is 0.737. The summed E-state index contributed by atoms with van der Waals surface area (Å²) >= 11 is 12.2. The van der Waals surface area contributed by atoms with E-state index in [1.54, 1.807) is 48.5 Å². The van der Waals surface area contributed by atoms with Gasteiger partial charge >= 0.3 is 0 Å². The summed E-state index contributed by atoms with van der Waals surface area (Å²) in [5, 5.41) is 11.3. The maximum absolute atomic E-state index is 13.7. The molecule has 0 saturated heterocycles. The lowest BCUT2D eigenvalue weighted by molar-refractivity contribution is -0.117. The van der Waals surface area contributed by atoms with Gasteiger partial charge in [0, 0.05) is 5.69 Å². The summed E-state index contributed by atoms with van der Waals surface area (Å²) in [6.45, 7) is 2.44. The van der Waals surface area contributed by atoms with Crippen LogP contribution in [-0.2, 0) is 14.6 Å². The van der Waals surface area contributed by atoms with Gasteiger partial charge in [0.05, 0.1) is 21.5 Å². The molecule has 6 nitrogen and oxygen atoms in total. The van der Waals surface area contributed by atoms with Crippen molar-refractivity contribution in [1.82, 2.24) is 0 Å². The van der Waals surface area contributed by atoms with Crippen molar-refractivity contribution in [2.75, 3.05) is 11.5 Å². The van der Waals surface area contributed by atoms with Crippen molar-refractivity contribution in [2.24, 2.45) is 0 Å². The van der Waals surface area contributed by atoms with Crippen LogP contribution in [0.4, 0.5) is 5.69 Å². The molecule has 1 heterocycles. The second kappa shape index (κ2) is 9.70. The Labute approximate surface area is 207 Å². The molecule has 1 N–H and O–H groups in total. The zero-order valence-electron chi connectivity index (χ0n) is 18.1. The van der Waals surface area contributed by atoms with E-state index in [0.29, 0.717) is 17.9 Å². The second-order valence-electron chi connectivity index (χ2n) is 7.63. The highest BCUT2D eigenvalue weighted by Gasteiger charge is 2.47. The standard InChI is InChI=1S/C25H21Cl2NO5S/c1-2-13-33-18-8-6-7-16(14-18)22-24(34(31,32)19-9-4-3-5-10-19)23(29)25(30)28(22)17-11-12-20(26)21(27)15-17/h3-12,14-15,22,29H,2,13H2,1H3/t22-/m1/s1. The van der Waals surface area contributed by atoms with Crippen molar-refractivity contribution in [3.63, 3.8) is 0 Å². The van der Waals surface area contributed by atoms with Crippen molar-refractivity contribution in [3.05, 3.63) is 99.1 Å². The van der Waals surface area contributed by atoms with E-state index in [2.05, 4.69) is 0 Å². The molecule has 3 aromatic rings. The number of hydrogen-bond donors (Lipinski definition) is 1. The van der Waals surface area contributed by atoms with Crippen LogP contribution >= 0.6 is 23.2 Å². The largest absolute Gasteiger partial charge is 0.502 e. The maximum atomic E-state index is 13.7. The molecular formula is C25H21Cl2NO5S. The van der Waals surface area contributed by atoms with E-state index in [1.165, 1.54) is 29.2 Å². The van der Waals surface area contributed by atoms with E-state index < -0.39 is 32.5 Å². The zero-order chi connectivity index (χ0) is 24.5. The number of sulfone groups is 1. The fraction of sp³-hybridized carbons (Fsp3) is 0.160. The molecule has 176 valence electrons. The number of hydrogen-bond acceptors (Lipinski definition) is 5. The topological polar surface area (TPSA) is 83.9 Å². The highest BCUT2D eigenvalue weighted by atomic mass is 35.5. The summed E-state index contributed by atoms with van der Waals surface area (Å²) in [7, 11) is -4.24.